The molecule has 0 aliphatic rings. The van der Waals surface area contributed by atoms with Crippen molar-refractivity contribution in [2.24, 2.45) is 0 Å². The molecular weight excluding hydrogens is 709 g/mol. The van der Waals surface area contributed by atoms with Gasteiger partial charge in [-0.05, 0) is 112 Å². The quantitative estimate of drug-likeness (QED) is 0.166. The maximum absolute atomic E-state index is 2.44. The minimum absolute atomic E-state index is 1.15. The van der Waals surface area contributed by atoms with Gasteiger partial charge in [0.15, 0.2) is 0 Å². The first-order valence-corrected chi connectivity index (χ1v) is 20.3. The SMILES string of the molecule is c1ccc(-c2cc(-c3ccccc3)cc(-n3c4ccccc4c4cc(-c5ccc6c(c5)c5ccccc5n6-c5ccc6sc7ccccc7c6c5)ccc43)c2)cc1. The highest BCUT2D eigenvalue weighted by molar-refractivity contribution is 7.25. The summed E-state index contributed by atoms with van der Waals surface area (Å²) < 4.78 is 7.52. The van der Waals surface area contributed by atoms with Gasteiger partial charge in [0.1, 0.15) is 0 Å². The molecule has 3 aromatic heterocycles. The Kier molecular flexibility index (Phi) is 7.13. The zero-order valence-electron chi connectivity index (χ0n) is 30.9. The van der Waals surface area contributed by atoms with Gasteiger partial charge in [-0.3, -0.25) is 0 Å². The summed E-state index contributed by atoms with van der Waals surface area (Å²) in [4.78, 5) is 0. The topological polar surface area (TPSA) is 9.86 Å². The van der Waals surface area contributed by atoms with Crippen LogP contribution in [-0.4, -0.2) is 9.13 Å². The van der Waals surface area contributed by atoms with Crippen LogP contribution in [0.2, 0.25) is 0 Å². The van der Waals surface area contributed by atoms with Crippen molar-refractivity contribution < 1.29 is 0 Å². The van der Waals surface area contributed by atoms with Gasteiger partial charge in [0.2, 0.25) is 0 Å². The fourth-order valence-corrected chi connectivity index (χ4v) is 10.1. The van der Waals surface area contributed by atoms with E-state index in [9.17, 15) is 0 Å². The molecule has 3 heteroatoms. The highest BCUT2D eigenvalue weighted by Crippen LogP contribution is 2.41. The van der Waals surface area contributed by atoms with E-state index >= 15 is 0 Å². The maximum Gasteiger partial charge on any atom is 0.0541 e. The van der Waals surface area contributed by atoms with E-state index in [1.165, 1.54) is 103 Å². The Hall–Kier alpha value is -7.20. The van der Waals surface area contributed by atoms with Gasteiger partial charge in [-0.25, -0.2) is 0 Å². The van der Waals surface area contributed by atoms with Crippen LogP contribution in [0.1, 0.15) is 0 Å². The van der Waals surface area contributed by atoms with Gasteiger partial charge >= 0.3 is 0 Å². The molecule has 0 fully saturated rings. The van der Waals surface area contributed by atoms with E-state index in [0.29, 0.717) is 0 Å². The van der Waals surface area contributed by atoms with Crippen LogP contribution in [0, 0.1) is 0 Å². The van der Waals surface area contributed by atoms with Crippen LogP contribution in [0.3, 0.4) is 0 Å². The summed E-state index contributed by atoms with van der Waals surface area (Å²) in [6.07, 6.45) is 0. The molecule has 0 spiro atoms. The highest BCUT2D eigenvalue weighted by Gasteiger charge is 2.18. The Morgan fingerprint density at radius 3 is 1.32 bits per heavy atom. The average molecular weight is 743 g/mol. The number of rotatable bonds is 5. The molecule has 0 unspecified atom stereocenters. The first kappa shape index (κ1) is 32.1. The van der Waals surface area contributed by atoms with Gasteiger partial charge in [-0.15, -0.1) is 11.3 Å². The Bertz CT molecular complexity index is 3450. The molecule has 0 amide bonds. The molecule has 0 radical (unpaired) electrons. The van der Waals surface area contributed by atoms with E-state index in [2.05, 4.69) is 215 Å². The Morgan fingerprint density at radius 2 is 0.719 bits per heavy atom. The summed E-state index contributed by atoms with van der Waals surface area (Å²) in [5.74, 6) is 0. The number of thiophene rings is 1. The smallest absolute Gasteiger partial charge is 0.0541 e. The number of benzene rings is 9. The minimum atomic E-state index is 1.15. The molecule has 12 rings (SSSR count). The predicted octanol–water partition coefficient (Wildman–Crippen LogP) is 15.2. The third-order valence-corrected chi connectivity index (χ3v) is 12.8. The minimum Gasteiger partial charge on any atom is -0.309 e. The zero-order chi connectivity index (χ0) is 37.5. The predicted molar refractivity (Wildman–Crippen MR) is 244 cm³/mol. The zero-order valence-corrected chi connectivity index (χ0v) is 31.7. The molecule has 0 atom stereocenters. The maximum atomic E-state index is 2.44. The molecule has 12 aromatic rings. The number of hydrogen-bond acceptors (Lipinski definition) is 1. The standard InChI is InChI=1S/C54H34N2S/c1-3-13-35(14-4-1)39-29-40(36-15-5-2-6-16-36)31-42(30-39)56-50-21-11-8-18-44(50)47-33-38(24-27-52(47)56)37-23-26-51-46(32-37)43-17-7-10-20-49(43)55(51)41-25-28-54-48(34-41)45-19-9-12-22-53(45)57-54/h1-34H. The lowest BCUT2D eigenvalue weighted by atomic mass is 9.98. The van der Waals surface area contributed by atoms with Crippen molar-refractivity contribution in [3.8, 4) is 44.8 Å². The van der Waals surface area contributed by atoms with Crippen molar-refractivity contribution in [1.29, 1.82) is 0 Å². The van der Waals surface area contributed by atoms with Crippen LogP contribution in [0.5, 0.6) is 0 Å². The highest BCUT2D eigenvalue weighted by atomic mass is 32.1. The van der Waals surface area contributed by atoms with Gasteiger partial charge in [0.25, 0.3) is 0 Å². The van der Waals surface area contributed by atoms with Crippen LogP contribution in [0.15, 0.2) is 206 Å². The molecule has 0 saturated heterocycles. The normalized spacial score (nSPS) is 11.9. The van der Waals surface area contributed by atoms with Crippen molar-refractivity contribution >= 4 is 75.1 Å². The van der Waals surface area contributed by atoms with E-state index in [4.69, 9.17) is 0 Å². The van der Waals surface area contributed by atoms with Gasteiger partial charge in [-0.1, -0.05) is 127 Å². The van der Waals surface area contributed by atoms with E-state index in [0.717, 1.165) is 5.69 Å². The van der Waals surface area contributed by atoms with Gasteiger partial charge in [0, 0.05) is 53.1 Å². The molecule has 266 valence electrons. The fourth-order valence-electron chi connectivity index (χ4n) is 9.05. The largest absolute Gasteiger partial charge is 0.309 e. The second-order valence-electron chi connectivity index (χ2n) is 14.9. The molecule has 0 N–H and O–H groups in total. The number of fused-ring (bicyclic) bond motifs is 9. The number of hydrogen-bond donors (Lipinski definition) is 0. The molecule has 0 aliphatic heterocycles. The van der Waals surface area contributed by atoms with Crippen molar-refractivity contribution in [2.45, 2.75) is 0 Å². The van der Waals surface area contributed by atoms with E-state index < -0.39 is 0 Å². The molecule has 3 heterocycles. The van der Waals surface area contributed by atoms with E-state index in [1.54, 1.807) is 0 Å². The lowest BCUT2D eigenvalue weighted by molar-refractivity contribution is 1.18. The summed E-state index contributed by atoms with van der Waals surface area (Å²) in [5, 5.41) is 7.64. The second-order valence-corrected chi connectivity index (χ2v) is 16.0. The van der Waals surface area contributed by atoms with E-state index in [-0.39, 0.29) is 0 Å². The number of para-hydroxylation sites is 2. The molecule has 0 aliphatic carbocycles. The Labute approximate surface area is 333 Å². The van der Waals surface area contributed by atoms with Crippen LogP contribution in [-0.2, 0) is 0 Å². The first-order chi connectivity index (χ1) is 28.2. The van der Waals surface area contributed by atoms with Crippen molar-refractivity contribution in [1.82, 2.24) is 9.13 Å². The van der Waals surface area contributed by atoms with Crippen molar-refractivity contribution in [3.63, 3.8) is 0 Å². The summed E-state index contributed by atoms with van der Waals surface area (Å²) in [7, 11) is 0. The summed E-state index contributed by atoms with van der Waals surface area (Å²) in [6.45, 7) is 0. The van der Waals surface area contributed by atoms with E-state index in [1.807, 2.05) is 11.3 Å². The summed E-state index contributed by atoms with van der Waals surface area (Å²) >= 11 is 1.86. The lowest BCUT2D eigenvalue weighted by Crippen LogP contribution is -1.96. The third-order valence-electron chi connectivity index (χ3n) is 11.7. The van der Waals surface area contributed by atoms with Crippen LogP contribution in [0.4, 0.5) is 0 Å². The lowest BCUT2D eigenvalue weighted by Gasteiger charge is -2.14. The van der Waals surface area contributed by atoms with Gasteiger partial charge in [-0.2, -0.15) is 0 Å². The first-order valence-electron chi connectivity index (χ1n) is 19.5. The third kappa shape index (κ3) is 5.10. The number of nitrogens with zero attached hydrogens (tertiary/aromatic N) is 2. The van der Waals surface area contributed by atoms with Crippen molar-refractivity contribution in [3.05, 3.63) is 206 Å². The van der Waals surface area contributed by atoms with Gasteiger partial charge in [0.05, 0.1) is 22.1 Å². The second kappa shape index (κ2) is 12.7. The summed E-state index contributed by atoms with van der Waals surface area (Å²) in [5.41, 5.74) is 14.4. The van der Waals surface area contributed by atoms with Crippen molar-refractivity contribution in [2.75, 3.05) is 0 Å². The molecule has 2 nitrogen and oxygen atoms in total. The number of aromatic nitrogens is 2. The molecule has 57 heavy (non-hydrogen) atoms. The van der Waals surface area contributed by atoms with Crippen LogP contribution >= 0.6 is 11.3 Å². The molecule has 9 aromatic carbocycles. The fraction of sp³-hybridized carbons (Fsp3) is 0. The Balaban J connectivity index is 1.03. The monoisotopic (exact) mass is 742 g/mol. The van der Waals surface area contributed by atoms with Crippen LogP contribution < -0.4 is 0 Å². The van der Waals surface area contributed by atoms with Crippen LogP contribution in [0.25, 0.3) is 109 Å². The summed E-state index contributed by atoms with van der Waals surface area (Å²) in [6, 6.07) is 75.8. The molecular formula is C54H34N2S. The van der Waals surface area contributed by atoms with Gasteiger partial charge < -0.3 is 9.13 Å². The molecule has 0 saturated carbocycles. The Morgan fingerprint density at radius 1 is 0.246 bits per heavy atom. The molecule has 0 bridgehead atoms. The average Bonchev–Trinajstić information content (AvgIpc) is 3.94.